The molecular weight excluding hydrogens is 470 g/mol. The first-order valence-electron chi connectivity index (χ1n) is 9.90. The number of imide groups is 1. The van der Waals surface area contributed by atoms with Gasteiger partial charge in [0, 0.05) is 24.7 Å². The van der Waals surface area contributed by atoms with Gasteiger partial charge in [0.1, 0.15) is 10.8 Å². The van der Waals surface area contributed by atoms with Gasteiger partial charge in [0.2, 0.25) is 0 Å². The maximum absolute atomic E-state index is 12.6. The lowest BCUT2D eigenvalue weighted by Crippen LogP contribution is -2.37. The Morgan fingerprint density at radius 1 is 1.24 bits per heavy atom. The Balaban J connectivity index is 1.59. The maximum atomic E-state index is 12.6. The van der Waals surface area contributed by atoms with E-state index in [1.807, 2.05) is 13.8 Å². The van der Waals surface area contributed by atoms with Gasteiger partial charge in [-0.15, -0.1) is 0 Å². The van der Waals surface area contributed by atoms with Crippen LogP contribution in [0.1, 0.15) is 29.8 Å². The van der Waals surface area contributed by atoms with Crippen molar-refractivity contribution >= 4 is 52.2 Å². The smallest absolute Gasteiger partial charge is 0.293 e. The Morgan fingerprint density at radius 2 is 1.94 bits per heavy atom. The fourth-order valence-electron chi connectivity index (χ4n) is 2.94. The fraction of sp³-hybridized carbons (Fsp3) is 0.227. The van der Waals surface area contributed by atoms with Crippen molar-refractivity contribution in [2.24, 2.45) is 0 Å². The zero-order valence-electron chi connectivity index (χ0n) is 17.7. The first-order chi connectivity index (χ1) is 15.7. The molecule has 1 heterocycles. The standard InChI is InChI=1S/C22H20ClN3O6S/c1-13(2)32-16-6-4-15(5-7-16)20(27)24-9-10-25-21(28)19(33-22(25)29)12-14-3-8-17(23)18(11-14)26(30)31/h3-8,11-13H,9-10H2,1-2H3,(H,24,27)/b19-12-. The number of ether oxygens (including phenoxy) is 1. The number of carbonyl (C=O) groups is 3. The first-order valence-corrected chi connectivity index (χ1v) is 11.1. The number of nitrogens with zero attached hydrogens (tertiary/aromatic N) is 2. The average molecular weight is 490 g/mol. The highest BCUT2D eigenvalue weighted by atomic mass is 35.5. The van der Waals surface area contributed by atoms with Crippen LogP contribution in [0.15, 0.2) is 47.4 Å². The van der Waals surface area contributed by atoms with Crippen molar-refractivity contribution < 1.29 is 24.0 Å². The summed E-state index contributed by atoms with van der Waals surface area (Å²) in [4.78, 5) is 48.7. The number of nitro benzene ring substituents is 1. The van der Waals surface area contributed by atoms with Crippen LogP contribution in [0, 0.1) is 10.1 Å². The van der Waals surface area contributed by atoms with Crippen LogP contribution < -0.4 is 10.1 Å². The molecule has 0 aliphatic carbocycles. The largest absolute Gasteiger partial charge is 0.491 e. The predicted molar refractivity (Wildman–Crippen MR) is 125 cm³/mol. The summed E-state index contributed by atoms with van der Waals surface area (Å²) in [5, 5.41) is 13.2. The number of nitrogens with one attached hydrogen (secondary N) is 1. The molecule has 1 aliphatic heterocycles. The summed E-state index contributed by atoms with van der Waals surface area (Å²) in [6.45, 7) is 3.86. The van der Waals surface area contributed by atoms with Crippen LogP contribution in [-0.2, 0) is 4.79 Å². The van der Waals surface area contributed by atoms with Crippen LogP contribution in [0.25, 0.3) is 6.08 Å². The Hall–Kier alpha value is -3.37. The molecule has 2 aromatic carbocycles. The average Bonchev–Trinajstić information content (AvgIpc) is 3.02. The van der Waals surface area contributed by atoms with Crippen LogP contribution in [-0.4, -0.2) is 46.1 Å². The monoisotopic (exact) mass is 489 g/mol. The molecule has 3 rings (SSSR count). The van der Waals surface area contributed by atoms with Gasteiger partial charge in [-0.05, 0) is 67.6 Å². The van der Waals surface area contributed by atoms with Gasteiger partial charge in [0.15, 0.2) is 0 Å². The summed E-state index contributed by atoms with van der Waals surface area (Å²) in [5.74, 6) is -0.230. The van der Waals surface area contributed by atoms with Crippen LogP contribution in [0.3, 0.4) is 0 Å². The molecule has 0 bridgehead atoms. The number of hydrogen-bond donors (Lipinski definition) is 1. The summed E-state index contributed by atoms with van der Waals surface area (Å²) in [7, 11) is 0. The Labute approximate surface area is 198 Å². The molecule has 3 amide bonds. The summed E-state index contributed by atoms with van der Waals surface area (Å²) in [5.41, 5.74) is 0.496. The second-order valence-electron chi connectivity index (χ2n) is 7.25. The normalized spacial score (nSPS) is 14.8. The lowest BCUT2D eigenvalue weighted by molar-refractivity contribution is -0.384. The number of thioether (sulfide) groups is 1. The van der Waals surface area contributed by atoms with E-state index in [2.05, 4.69) is 5.32 Å². The highest BCUT2D eigenvalue weighted by Crippen LogP contribution is 2.33. The molecule has 172 valence electrons. The van der Waals surface area contributed by atoms with Crippen molar-refractivity contribution in [1.82, 2.24) is 10.2 Å². The van der Waals surface area contributed by atoms with Gasteiger partial charge in [-0.1, -0.05) is 17.7 Å². The molecule has 1 aliphatic rings. The van der Waals surface area contributed by atoms with Crippen LogP contribution in [0.5, 0.6) is 5.75 Å². The van der Waals surface area contributed by atoms with Gasteiger partial charge >= 0.3 is 0 Å². The number of hydrogen-bond acceptors (Lipinski definition) is 7. The van der Waals surface area contributed by atoms with Gasteiger partial charge in [-0.25, -0.2) is 0 Å². The molecule has 2 aromatic rings. The Morgan fingerprint density at radius 3 is 2.58 bits per heavy atom. The van der Waals surface area contributed by atoms with E-state index in [9.17, 15) is 24.5 Å². The number of halogens is 1. The molecule has 0 spiro atoms. The molecule has 0 unspecified atom stereocenters. The minimum absolute atomic E-state index is 0.0109. The van der Waals surface area contributed by atoms with Gasteiger partial charge < -0.3 is 10.1 Å². The van der Waals surface area contributed by atoms with E-state index < -0.39 is 16.1 Å². The maximum Gasteiger partial charge on any atom is 0.293 e. The van der Waals surface area contributed by atoms with E-state index >= 15 is 0 Å². The van der Waals surface area contributed by atoms with Crippen molar-refractivity contribution in [3.8, 4) is 5.75 Å². The van der Waals surface area contributed by atoms with E-state index in [1.165, 1.54) is 24.3 Å². The highest BCUT2D eigenvalue weighted by molar-refractivity contribution is 8.18. The zero-order valence-corrected chi connectivity index (χ0v) is 19.3. The molecule has 0 saturated carbocycles. The molecule has 0 radical (unpaired) electrons. The topological polar surface area (TPSA) is 119 Å². The lowest BCUT2D eigenvalue weighted by atomic mass is 10.2. The van der Waals surface area contributed by atoms with Crippen LogP contribution in [0.2, 0.25) is 5.02 Å². The number of nitro groups is 1. The molecular formula is C22H20ClN3O6S. The van der Waals surface area contributed by atoms with Crippen molar-refractivity contribution in [3.63, 3.8) is 0 Å². The number of carbonyl (C=O) groups excluding carboxylic acids is 3. The summed E-state index contributed by atoms with van der Waals surface area (Å²) in [6, 6.07) is 10.7. The molecule has 1 saturated heterocycles. The van der Waals surface area contributed by atoms with E-state index in [0.29, 0.717) is 16.9 Å². The van der Waals surface area contributed by atoms with E-state index in [4.69, 9.17) is 16.3 Å². The van der Waals surface area contributed by atoms with Crippen molar-refractivity contribution in [3.05, 3.63) is 73.6 Å². The minimum Gasteiger partial charge on any atom is -0.491 e. The Kier molecular flexibility index (Phi) is 7.72. The summed E-state index contributed by atoms with van der Waals surface area (Å²) < 4.78 is 5.54. The van der Waals surface area contributed by atoms with Gasteiger partial charge in [-0.3, -0.25) is 29.4 Å². The molecule has 11 heteroatoms. The summed E-state index contributed by atoms with van der Waals surface area (Å²) in [6.07, 6.45) is 1.42. The van der Waals surface area contributed by atoms with Gasteiger partial charge in [0.05, 0.1) is 15.9 Å². The molecule has 9 nitrogen and oxygen atoms in total. The van der Waals surface area contributed by atoms with E-state index in [0.717, 1.165) is 16.7 Å². The molecule has 0 atom stereocenters. The predicted octanol–water partition coefficient (Wildman–Crippen LogP) is 4.50. The fourth-order valence-corrected chi connectivity index (χ4v) is 4.00. The van der Waals surface area contributed by atoms with E-state index in [-0.39, 0.29) is 40.7 Å². The third kappa shape index (κ3) is 6.11. The van der Waals surface area contributed by atoms with Crippen LogP contribution >= 0.6 is 23.4 Å². The summed E-state index contributed by atoms with van der Waals surface area (Å²) >= 11 is 6.53. The zero-order chi connectivity index (χ0) is 24.1. The van der Waals surface area contributed by atoms with Gasteiger partial charge in [-0.2, -0.15) is 0 Å². The highest BCUT2D eigenvalue weighted by Gasteiger charge is 2.34. The Bertz CT molecular complexity index is 1130. The van der Waals surface area contributed by atoms with Crippen molar-refractivity contribution in [2.45, 2.75) is 20.0 Å². The molecule has 33 heavy (non-hydrogen) atoms. The quantitative estimate of drug-likeness (QED) is 0.329. The number of amides is 3. The van der Waals surface area contributed by atoms with Gasteiger partial charge in [0.25, 0.3) is 22.7 Å². The number of rotatable bonds is 8. The number of benzene rings is 2. The SMILES string of the molecule is CC(C)Oc1ccc(C(=O)NCCN2C(=O)S/C(=C\c3ccc(Cl)c([N+](=O)[O-])c3)C2=O)cc1. The van der Waals surface area contributed by atoms with Crippen LogP contribution in [0.4, 0.5) is 10.5 Å². The molecule has 1 fully saturated rings. The van der Waals surface area contributed by atoms with Crippen molar-refractivity contribution in [1.29, 1.82) is 0 Å². The second-order valence-corrected chi connectivity index (χ2v) is 8.65. The minimum atomic E-state index is -0.626. The third-order valence-corrected chi connectivity index (χ3v) is 5.67. The molecule has 0 aromatic heterocycles. The lowest BCUT2D eigenvalue weighted by Gasteiger charge is -2.13. The van der Waals surface area contributed by atoms with Crippen molar-refractivity contribution in [2.75, 3.05) is 13.1 Å². The van der Waals surface area contributed by atoms with E-state index in [1.54, 1.807) is 24.3 Å². The third-order valence-electron chi connectivity index (χ3n) is 4.45. The molecule has 1 N–H and O–H groups in total. The first kappa shape index (κ1) is 24.3. The second kappa shape index (κ2) is 10.5.